The molecular formula is C13H10F2N2O4S. The lowest BCUT2D eigenvalue weighted by Crippen LogP contribution is -2.17. The van der Waals surface area contributed by atoms with Gasteiger partial charge in [-0.3, -0.25) is 0 Å². The van der Waals surface area contributed by atoms with Crippen molar-refractivity contribution in [3.63, 3.8) is 0 Å². The van der Waals surface area contributed by atoms with Gasteiger partial charge in [-0.05, 0) is 18.9 Å². The van der Waals surface area contributed by atoms with E-state index in [2.05, 4.69) is 5.10 Å². The number of hydrogen-bond donors (Lipinski definition) is 1. The molecule has 0 unspecified atom stereocenters. The third-order valence-corrected chi connectivity index (χ3v) is 5.43. The van der Waals surface area contributed by atoms with Gasteiger partial charge in [0, 0.05) is 11.1 Å². The Bertz CT molecular complexity index is 872. The van der Waals surface area contributed by atoms with Crippen molar-refractivity contribution in [1.29, 1.82) is 0 Å². The molecule has 0 radical (unpaired) electrons. The van der Waals surface area contributed by atoms with Gasteiger partial charge < -0.3 is 5.11 Å². The lowest BCUT2D eigenvalue weighted by molar-refractivity contribution is 0.0690. The van der Waals surface area contributed by atoms with Crippen molar-refractivity contribution in [3.8, 4) is 11.1 Å². The van der Waals surface area contributed by atoms with Crippen LogP contribution in [0.1, 0.15) is 23.2 Å². The van der Waals surface area contributed by atoms with Crippen LogP contribution in [0.4, 0.5) is 8.78 Å². The molecule has 0 amide bonds. The summed E-state index contributed by atoms with van der Waals surface area (Å²) in [5.41, 5.74) is -0.989. The molecule has 1 N–H and O–H groups in total. The Morgan fingerprint density at radius 2 is 1.95 bits per heavy atom. The second kappa shape index (κ2) is 4.87. The smallest absolute Gasteiger partial charge is 0.338 e. The molecule has 0 spiro atoms. The maximum atomic E-state index is 14.0. The Labute approximate surface area is 124 Å². The lowest BCUT2D eigenvalue weighted by atomic mass is 10.1. The van der Waals surface area contributed by atoms with Gasteiger partial charge in [-0.2, -0.15) is 9.19 Å². The van der Waals surface area contributed by atoms with Crippen molar-refractivity contribution < 1.29 is 27.1 Å². The number of carboxylic acid groups (broad SMARTS) is 1. The van der Waals surface area contributed by atoms with Crippen LogP contribution in [0.25, 0.3) is 11.1 Å². The molecule has 0 aliphatic heterocycles. The van der Waals surface area contributed by atoms with E-state index < -0.39 is 38.4 Å². The van der Waals surface area contributed by atoms with Crippen molar-refractivity contribution in [2.24, 2.45) is 0 Å². The van der Waals surface area contributed by atoms with Crippen LogP contribution in [-0.4, -0.2) is 33.9 Å². The monoisotopic (exact) mass is 328 g/mol. The molecule has 1 aromatic carbocycles. The highest BCUT2D eigenvalue weighted by atomic mass is 32.2. The lowest BCUT2D eigenvalue weighted by Gasteiger charge is -2.04. The minimum Gasteiger partial charge on any atom is -0.478 e. The van der Waals surface area contributed by atoms with Crippen molar-refractivity contribution in [2.75, 3.05) is 0 Å². The summed E-state index contributed by atoms with van der Waals surface area (Å²) in [5, 5.41) is 11.9. The molecule has 1 saturated carbocycles. The molecule has 0 atom stereocenters. The molecule has 0 saturated heterocycles. The van der Waals surface area contributed by atoms with Crippen molar-refractivity contribution in [2.45, 2.75) is 18.1 Å². The number of halogens is 2. The maximum absolute atomic E-state index is 14.0. The summed E-state index contributed by atoms with van der Waals surface area (Å²) in [7, 11) is -3.60. The Hall–Kier alpha value is -2.29. The third kappa shape index (κ3) is 2.27. The summed E-state index contributed by atoms with van der Waals surface area (Å²) in [6.07, 6.45) is 3.28. The molecule has 116 valence electrons. The molecule has 3 rings (SSSR count). The van der Waals surface area contributed by atoms with Crippen LogP contribution >= 0.6 is 0 Å². The zero-order valence-corrected chi connectivity index (χ0v) is 11.8. The van der Waals surface area contributed by atoms with Gasteiger partial charge in [0.25, 0.3) is 10.0 Å². The fourth-order valence-corrected chi connectivity index (χ4v) is 3.52. The van der Waals surface area contributed by atoms with Gasteiger partial charge >= 0.3 is 5.97 Å². The first kappa shape index (κ1) is 14.6. The largest absolute Gasteiger partial charge is 0.478 e. The first-order chi connectivity index (χ1) is 10.3. The summed E-state index contributed by atoms with van der Waals surface area (Å²) in [4.78, 5) is 10.7. The quantitative estimate of drug-likeness (QED) is 0.925. The minimum atomic E-state index is -3.60. The van der Waals surface area contributed by atoms with Crippen LogP contribution in [0.15, 0.2) is 24.5 Å². The topological polar surface area (TPSA) is 89.3 Å². The number of nitrogens with zero attached hydrogens (tertiary/aromatic N) is 2. The summed E-state index contributed by atoms with van der Waals surface area (Å²) in [6, 6.07) is 2.00. The molecule has 1 aromatic heterocycles. The van der Waals surface area contributed by atoms with E-state index >= 15 is 0 Å². The Kier molecular flexibility index (Phi) is 3.24. The van der Waals surface area contributed by atoms with Gasteiger partial charge in [-0.25, -0.2) is 22.0 Å². The number of rotatable bonds is 4. The minimum absolute atomic E-state index is 0.0533. The highest BCUT2D eigenvalue weighted by Gasteiger charge is 2.37. The molecule has 22 heavy (non-hydrogen) atoms. The van der Waals surface area contributed by atoms with Crippen LogP contribution in [0, 0.1) is 11.6 Å². The molecule has 1 aliphatic carbocycles. The highest BCUT2D eigenvalue weighted by molar-refractivity contribution is 7.90. The number of carboxylic acids is 1. The van der Waals surface area contributed by atoms with Gasteiger partial charge in [0.2, 0.25) is 0 Å². The van der Waals surface area contributed by atoms with Gasteiger partial charge in [-0.15, -0.1) is 0 Å². The predicted octanol–water partition coefficient (Wildman–Crippen LogP) is 1.87. The van der Waals surface area contributed by atoms with E-state index in [-0.39, 0.29) is 11.1 Å². The van der Waals surface area contributed by atoms with E-state index in [9.17, 15) is 22.0 Å². The highest BCUT2D eigenvalue weighted by Crippen LogP contribution is 2.31. The van der Waals surface area contributed by atoms with E-state index in [4.69, 9.17) is 5.11 Å². The third-order valence-electron chi connectivity index (χ3n) is 3.39. The fourth-order valence-electron chi connectivity index (χ4n) is 2.04. The van der Waals surface area contributed by atoms with Crippen LogP contribution in [0.5, 0.6) is 0 Å². The number of aromatic carboxylic acids is 1. The number of aromatic nitrogens is 2. The van der Waals surface area contributed by atoms with Gasteiger partial charge in [0.1, 0.15) is 0 Å². The first-order valence-corrected chi connectivity index (χ1v) is 7.83. The average molecular weight is 328 g/mol. The first-order valence-electron chi connectivity index (χ1n) is 6.33. The van der Waals surface area contributed by atoms with E-state index in [1.165, 1.54) is 0 Å². The van der Waals surface area contributed by atoms with Gasteiger partial charge in [0.15, 0.2) is 11.6 Å². The predicted molar refractivity (Wildman–Crippen MR) is 71.9 cm³/mol. The van der Waals surface area contributed by atoms with E-state index in [1.807, 2.05) is 0 Å². The molecule has 1 aliphatic rings. The molecule has 1 heterocycles. The molecule has 1 fully saturated rings. The Balaban J connectivity index is 2.04. The number of carbonyl (C=O) groups is 1. The zero-order chi connectivity index (χ0) is 16.1. The van der Waals surface area contributed by atoms with E-state index in [0.717, 1.165) is 28.6 Å². The Morgan fingerprint density at radius 3 is 2.55 bits per heavy atom. The summed E-state index contributed by atoms with van der Waals surface area (Å²) < 4.78 is 52.4. The van der Waals surface area contributed by atoms with Crippen molar-refractivity contribution in [3.05, 3.63) is 41.7 Å². The van der Waals surface area contributed by atoms with Crippen LogP contribution in [0.3, 0.4) is 0 Å². The van der Waals surface area contributed by atoms with Crippen molar-refractivity contribution in [1.82, 2.24) is 9.19 Å². The second-order valence-corrected chi connectivity index (χ2v) is 7.01. The van der Waals surface area contributed by atoms with Crippen molar-refractivity contribution >= 4 is 16.0 Å². The fraction of sp³-hybridized carbons (Fsp3) is 0.231. The van der Waals surface area contributed by atoms with Gasteiger partial charge in [-0.1, -0.05) is 6.07 Å². The molecule has 2 aromatic rings. The summed E-state index contributed by atoms with van der Waals surface area (Å²) in [6.45, 7) is 0. The van der Waals surface area contributed by atoms with Crippen LogP contribution in [-0.2, 0) is 10.0 Å². The average Bonchev–Trinajstić information content (AvgIpc) is 3.20. The molecule has 6 nitrogen and oxygen atoms in total. The molecule has 0 bridgehead atoms. The normalized spacial score (nSPS) is 15.0. The zero-order valence-electron chi connectivity index (χ0n) is 11.0. The Morgan fingerprint density at radius 1 is 1.27 bits per heavy atom. The summed E-state index contributed by atoms with van der Waals surface area (Å²) >= 11 is 0. The van der Waals surface area contributed by atoms with E-state index in [1.54, 1.807) is 0 Å². The maximum Gasteiger partial charge on any atom is 0.338 e. The van der Waals surface area contributed by atoms with E-state index in [0.29, 0.717) is 12.8 Å². The standard InChI is InChI=1S/C13H10F2N2O4S/c14-11-9(3-4-10(12(11)15)13(18)19)7-5-16-17(6-7)22(20,21)8-1-2-8/h3-6,8H,1-2H2,(H,18,19). The van der Waals surface area contributed by atoms with Crippen LogP contribution in [0.2, 0.25) is 0 Å². The summed E-state index contributed by atoms with van der Waals surface area (Å²) in [5.74, 6) is -4.44. The number of hydrogen-bond acceptors (Lipinski definition) is 4. The van der Waals surface area contributed by atoms with Gasteiger partial charge in [0.05, 0.1) is 23.2 Å². The second-order valence-electron chi connectivity index (χ2n) is 4.94. The molecule has 9 heteroatoms. The van der Waals surface area contributed by atoms with Crippen LogP contribution < -0.4 is 0 Å². The molecular weight excluding hydrogens is 318 g/mol. The number of benzene rings is 1. The SMILES string of the molecule is O=C(O)c1ccc(-c2cnn(S(=O)(=O)C3CC3)c2)c(F)c1F.